The van der Waals surface area contributed by atoms with E-state index in [1.807, 2.05) is 42.5 Å². The Labute approximate surface area is 109 Å². The zero-order chi connectivity index (χ0) is 12.8. The Morgan fingerprint density at radius 3 is 2.67 bits per heavy atom. The minimum atomic E-state index is 1.01. The van der Waals surface area contributed by atoms with Gasteiger partial charge in [-0.2, -0.15) is 0 Å². The maximum absolute atomic E-state index is 4.08. The summed E-state index contributed by atoms with van der Waals surface area (Å²) in [6.07, 6.45) is 13.9. The molecule has 1 aromatic carbocycles. The second-order valence-electron chi connectivity index (χ2n) is 4.23. The van der Waals surface area contributed by atoms with Crippen molar-refractivity contribution in [3.63, 3.8) is 0 Å². The van der Waals surface area contributed by atoms with Gasteiger partial charge < -0.3 is 0 Å². The molecule has 18 heavy (non-hydrogen) atoms. The predicted molar refractivity (Wildman–Crippen MR) is 79.2 cm³/mol. The third kappa shape index (κ3) is 3.35. The molecule has 0 spiro atoms. The molecule has 0 heterocycles. The average molecular weight is 232 g/mol. The number of rotatable bonds is 3. The summed E-state index contributed by atoms with van der Waals surface area (Å²) >= 11 is 0. The molecule has 2 rings (SSSR count). The highest BCUT2D eigenvalue weighted by molar-refractivity contribution is 5.72. The van der Waals surface area contributed by atoms with Crippen molar-refractivity contribution in [1.29, 1.82) is 0 Å². The van der Waals surface area contributed by atoms with E-state index in [0.717, 1.165) is 16.7 Å². The van der Waals surface area contributed by atoms with Crippen LogP contribution in [-0.2, 0) is 0 Å². The van der Waals surface area contributed by atoms with Gasteiger partial charge in [0.05, 0.1) is 0 Å². The summed E-state index contributed by atoms with van der Waals surface area (Å²) in [7, 11) is 0. The van der Waals surface area contributed by atoms with Crippen molar-refractivity contribution in [3.8, 4) is 0 Å². The van der Waals surface area contributed by atoms with Crippen molar-refractivity contribution in [1.82, 2.24) is 0 Å². The Kier molecular flexibility index (Phi) is 3.96. The molecule has 0 nitrogen and oxygen atoms in total. The Balaban J connectivity index is 2.12. The van der Waals surface area contributed by atoms with Crippen LogP contribution in [0.25, 0.3) is 5.57 Å². The molecule has 1 aliphatic carbocycles. The maximum Gasteiger partial charge on any atom is 0.0164 e. The minimum Gasteiger partial charge on any atom is -0.113 e. The molecule has 0 bridgehead atoms. The highest BCUT2D eigenvalue weighted by Crippen LogP contribution is 2.15. The second-order valence-corrected chi connectivity index (χ2v) is 4.23. The van der Waals surface area contributed by atoms with Gasteiger partial charge in [-0.3, -0.25) is 0 Å². The molecule has 0 aliphatic heterocycles. The van der Waals surface area contributed by atoms with E-state index in [1.54, 1.807) is 0 Å². The molecule has 1 aromatic rings. The van der Waals surface area contributed by atoms with Crippen molar-refractivity contribution in [2.45, 2.75) is 6.92 Å². The van der Waals surface area contributed by atoms with Gasteiger partial charge in [0.15, 0.2) is 0 Å². The first-order valence-corrected chi connectivity index (χ1v) is 6.00. The van der Waals surface area contributed by atoms with E-state index < -0.39 is 0 Å². The Hall–Kier alpha value is -2.30. The maximum atomic E-state index is 4.08. The molecule has 0 saturated carbocycles. The van der Waals surface area contributed by atoms with Crippen LogP contribution in [0, 0.1) is 6.92 Å². The topological polar surface area (TPSA) is 0 Å². The summed E-state index contributed by atoms with van der Waals surface area (Å²) in [5.74, 6) is 0. The molecule has 0 fully saturated rings. The smallest absolute Gasteiger partial charge is 0.0164 e. The molecule has 0 radical (unpaired) electrons. The molecule has 0 amide bonds. The summed E-state index contributed by atoms with van der Waals surface area (Å²) < 4.78 is 0. The summed E-state index contributed by atoms with van der Waals surface area (Å²) in [5.41, 5.74) is 7.66. The number of hydrogen-bond acceptors (Lipinski definition) is 0. The van der Waals surface area contributed by atoms with Gasteiger partial charge in [0.25, 0.3) is 0 Å². The number of hydrogen-bond donors (Lipinski definition) is 0. The van der Waals surface area contributed by atoms with Crippen LogP contribution in [0.3, 0.4) is 0 Å². The van der Waals surface area contributed by atoms with Crippen molar-refractivity contribution >= 4 is 5.57 Å². The highest BCUT2D eigenvalue weighted by atomic mass is 14.0. The molecular weight excluding hydrogens is 216 g/mol. The lowest BCUT2D eigenvalue weighted by Crippen LogP contribution is -1.80. The first kappa shape index (κ1) is 12.2. The third-order valence-corrected chi connectivity index (χ3v) is 2.73. The van der Waals surface area contributed by atoms with Gasteiger partial charge in [-0.15, -0.1) is 5.73 Å². The molecule has 0 aromatic heterocycles. The van der Waals surface area contributed by atoms with Crippen LogP contribution in [0.1, 0.15) is 11.1 Å². The molecular formula is C18H16. The van der Waals surface area contributed by atoms with E-state index in [1.165, 1.54) is 5.56 Å². The van der Waals surface area contributed by atoms with Crippen LogP contribution in [-0.4, -0.2) is 0 Å². The third-order valence-electron chi connectivity index (χ3n) is 2.73. The van der Waals surface area contributed by atoms with Crippen LogP contribution >= 0.6 is 0 Å². The van der Waals surface area contributed by atoms with Gasteiger partial charge in [-0.1, -0.05) is 60.7 Å². The van der Waals surface area contributed by atoms with Crippen LogP contribution < -0.4 is 0 Å². The fourth-order valence-corrected chi connectivity index (χ4v) is 1.63. The molecule has 0 saturated heterocycles. The molecule has 1 aliphatic rings. The van der Waals surface area contributed by atoms with Crippen molar-refractivity contribution in [2.75, 3.05) is 0 Å². The molecule has 0 N–H and O–H groups in total. The number of allylic oxidation sites excluding steroid dienone is 8. The van der Waals surface area contributed by atoms with Gasteiger partial charge in [0.1, 0.15) is 0 Å². The average Bonchev–Trinajstić information content (AvgIpc) is 2.65. The number of benzene rings is 1. The van der Waals surface area contributed by atoms with E-state index in [0.29, 0.717) is 0 Å². The predicted octanol–water partition coefficient (Wildman–Crippen LogP) is 4.77. The quantitative estimate of drug-likeness (QED) is 0.520. The fourth-order valence-electron chi connectivity index (χ4n) is 1.63. The summed E-state index contributed by atoms with van der Waals surface area (Å²) in [6.45, 7) is 6.17. The van der Waals surface area contributed by atoms with Gasteiger partial charge >= 0.3 is 0 Å². The van der Waals surface area contributed by atoms with Crippen LogP contribution in [0.4, 0.5) is 0 Å². The standard InChI is InChI=1S/C18H16/c1-15-9-13-18(14-10-15)16(2)11-12-17-7-5-3-4-6-8-17/h3-7,9-14H,2H2,1H3/b12-11+. The SMILES string of the molecule is C=C(/C=C/C1=C=CC=CC=C1)c1ccc(C)cc1. The monoisotopic (exact) mass is 232 g/mol. The van der Waals surface area contributed by atoms with Crippen molar-refractivity contribution in [3.05, 3.63) is 95.8 Å². The second kappa shape index (κ2) is 5.86. The molecule has 0 heteroatoms. The van der Waals surface area contributed by atoms with Crippen molar-refractivity contribution in [2.24, 2.45) is 0 Å². The van der Waals surface area contributed by atoms with Crippen LogP contribution in [0.15, 0.2) is 84.7 Å². The zero-order valence-electron chi connectivity index (χ0n) is 10.6. The summed E-state index contributed by atoms with van der Waals surface area (Å²) in [6, 6.07) is 8.39. The Bertz CT molecular complexity index is 583. The lowest BCUT2D eigenvalue weighted by atomic mass is 10.0. The summed E-state index contributed by atoms with van der Waals surface area (Å²) in [4.78, 5) is 0. The van der Waals surface area contributed by atoms with Crippen LogP contribution in [0.5, 0.6) is 0 Å². The highest BCUT2D eigenvalue weighted by Gasteiger charge is 1.94. The molecule has 0 atom stereocenters. The zero-order valence-corrected chi connectivity index (χ0v) is 10.6. The lowest BCUT2D eigenvalue weighted by Gasteiger charge is -2.00. The Morgan fingerprint density at radius 1 is 1.11 bits per heavy atom. The molecule has 88 valence electrons. The van der Waals surface area contributed by atoms with Gasteiger partial charge in [0, 0.05) is 5.57 Å². The van der Waals surface area contributed by atoms with E-state index >= 15 is 0 Å². The van der Waals surface area contributed by atoms with E-state index in [4.69, 9.17) is 0 Å². The first-order chi connectivity index (χ1) is 8.75. The van der Waals surface area contributed by atoms with E-state index in [9.17, 15) is 0 Å². The molecule has 0 unspecified atom stereocenters. The fraction of sp³-hybridized carbons (Fsp3) is 0.0556. The van der Waals surface area contributed by atoms with E-state index in [-0.39, 0.29) is 0 Å². The normalized spacial score (nSPS) is 13.7. The number of aryl methyl sites for hydroxylation is 1. The van der Waals surface area contributed by atoms with Gasteiger partial charge in [0.2, 0.25) is 0 Å². The largest absolute Gasteiger partial charge is 0.113 e. The lowest BCUT2D eigenvalue weighted by molar-refractivity contribution is 1.46. The van der Waals surface area contributed by atoms with E-state index in [2.05, 4.69) is 43.5 Å². The first-order valence-electron chi connectivity index (χ1n) is 6.00. The van der Waals surface area contributed by atoms with Gasteiger partial charge in [-0.25, -0.2) is 0 Å². The minimum absolute atomic E-state index is 1.01. The van der Waals surface area contributed by atoms with Gasteiger partial charge in [-0.05, 0) is 36.3 Å². The van der Waals surface area contributed by atoms with Crippen molar-refractivity contribution < 1.29 is 0 Å². The van der Waals surface area contributed by atoms with Crippen LogP contribution in [0.2, 0.25) is 0 Å². The summed E-state index contributed by atoms with van der Waals surface area (Å²) in [5, 5.41) is 0. The Morgan fingerprint density at radius 2 is 1.89 bits per heavy atom.